The molecule has 1 rings (SSSR count). The lowest BCUT2D eigenvalue weighted by molar-refractivity contribution is -0.115. The van der Waals surface area contributed by atoms with Crippen molar-refractivity contribution in [2.45, 2.75) is 38.5 Å². The lowest BCUT2D eigenvalue weighted by Gasteiger charge is -2.13. The van der Waals surface area contributed by atoms with Crippen LogP contribution in [-0.4, -0.2) is 28.1 Å². The zero-order valence-electron chi connectivity index (χ0n) is 11.1. The molecule has 1 aromatic rings. The van der Waals surface area contributed by atoms with E-state index >= 15 is 0 Å². The number of hydrogen-bond donors (Lipinski definition) is 2. The summed E-state index contributed by atoms with van der Waals surface area (Å²) in [6.07, 6.45) is 0.130. The van der Waals surface area contributed by atoms with Crippen LogP contribution in [0.5, 0.6) is 0 Å². The van der Waals surface area contributed by atoms with E-state index in [9.17, 15) is 9.90 Å². The van der Waals surface area contributed by atoms with Crippen LogP contribution in [0.2, 0.25) is 0 Å². The largest absolute Gasteiger partial charge is 0.392 e. The van der Waals surface area contributed by atoms with E-state index in [2.05, 4.69) is 5.32 Å². The number of amides is 1. The first-order valence-corrected chi connectivity index (χ1v) is 7.20. The molecule has 3 nitrogen and oxygen atoms in total. The summed E-state index contributed by atoms with van der Waals surface area (Å²) in [5, 5.41) is 12.4. The van der Waals surface area contributed by atoms with Crippen LogP contribution in [0.3, 0.4) is 0 Å². The normalized spacial score (nSPS) is 14.0. The van der Waals surface area contributed by atoms with Gasteiger partial charge in [-0.1, -0.05) is 25.1 Å². The Morgan fingerprint density at radius 1 is 1.39 bits per heavy atom. The Balaban J connectivity index is 2.33. The number of benzene rings is 1. The van der Waals surface area contributed by atoms with Gasteiger partial charge in [0.05, 0.1) is 6.10 Å². The maximum absolute atomic E-state index is 11.7. The number of thioether (sulfide) groups is 1. The maximum atomic E-state index is 11.7. The molecule has 1 aromatic carbocycles. The van der Waals surface area contributed by atoms with Gasteiger partial charge in [-0.25, -0.2) is 0 Å². The minimum absolute atomic E-state index is 0.0228. The van der Waals surface area contributed by atoms with Gasteiger partial charge < -0.3 is 10.4 Å². The summed E-state index contributed by atoms with van der Waals surface area (Å²) in [4.78, 5) is 11.7. The summed E-state index contributed by atoms with van der Waals surface area (Å²) >= 11 is 1.62. The Morgan fingerprint density at radius 3 is 2.67 bits per heavy atom. The van der Waals surface area contributed by atoms with Crippen LogP contribution in [0.1, 0.15) is 25.8 Å². The van der Waals surface area contributed by atoms with Crippen molar-refractivity contribution in [3.05, 3.63) is 29.8 Å². The van der Waals surface area contributed by atoms with E-state index in [1.165, 1.54) is 0 Å². The summed E-state index contributed by atoms with van der Waals surface area (Å²) < 4.78 is 0. The van der Waals surface area contributed by atoms with Crippen molar-refractivity contribution < 1.29 is 9.90 Å². The van der Waals surface area contributed by atoms with Crippen molar-refractivity contribution in [2.24, 2.45) is 0 Å². The van der Waals surface area contributed by atoms with Gasteiger partial charge in [-0.05, 0) is 25.5 Å². The van der Waals surface area contributed by atoms with E-state index in [1.54, 1.807) is 18.7 Å². The second kappa shape index (κ2) is 7.44. The summed E-state index contributed by atoms with van der Waals surface area (Å²) in [7, 11) is 0. The van der Waals surface area contributed by atoms with E-state index in [0.29, 0.717) is 6.42 Å². The minimum Gasteiger partial charge on any atom is -0.392 e. The zero-order valence-corrected chi connectivity index (χ0v) is 12.0. The van der Waals surface area contributed by atoms with E-state index in [0.717, 1.165) is 17.0 Å². The number of para-hydroxylation sites is 1. The molecule has 0 heterocycles. The molecule has 0 unspecified atom stereocenters. The topological polar surface area (TPSA) is 49.3 Å². The van der Waals surface area contributed by atoms with E-state index in [4.69, 9.17) is 0 Å². The number of aryl methyl sites for hydroxylation is 1. The monoisotopic (exact) mass is 267 g/mol. The molecule has 0 spiro atoms. The molecule has 4 heteroatoms. The highest BCUT2D eigenvalue weighted by atomic mass is 32.2. The van der Waals surface area contributed by atoms with Gasteiger partial charge in [-0.15, -0.1) is 0 Å². The zero-order chi connectivity index (χ0) is 13.5. The Labute approximate surface area is 113 Å². The maximum Gasteiger partial charge on any atom is 0.225 e. The predicted molar refractivity (Wildman–Crippen MR) is 78.0 cm³/mol. The molecule has 0 aliphatic rings. The van der Waals surface area contributed by atoms with Gasteiger partial charge in [0.25, 0.3) is 0 Å². The molecule has 2 N–H and O–H groups in total. The smallest absolute Gasteiger partial charge is 0.225 e. The molecule has 0 saturated carbocycles. The first kappa shape index (κ1) is 15.1. The molecule has 1 amide bonds. The van der Waals surface area contributed by atoms with Gasteiger partial charge in [0.15, 0.2) is 0 Å². The van der Waals surface area contributed by atoms with Gasteiger partial charge in [0, 0.05) is 23.1 Å². The fourth-order valence-corrected chi connectivity index (χ4v) is 2.36. The highest BCUT2D eigenvalue weighted by Crippen LogP contribution is 2.17. The molecular formula is C14H21NO2S. The number of nitrogens with one attached hydrogen (secondary N) is 1. The van der Waals surface area contributed by atoms with E-state index < -0.39 is 0 Å². The third-order valence-corrected chi connectivity index (χ3v) is 4.17. The molecule has 100 valence electrons. The number of hydrogen-bond acceptors (Lipinski definition) is 3. The van der Waals surface area contributed by atoms with Crippen molar-refractivity contribution in [1.82, 2.24) is 0 Å². The highest BCUT2D eigenvalue weighted by molar-refractivity contribution is 7.99. The fraction of sp³-hybridized carbons (Fsp3) is 0.500. The summed E-state index contributed by atoms with van der Waals surface area (Å²) in [6.45, 7) is 5.71. The lowest BCUT2D eigenvalue weighted by Crippen LogP contribution is -2.18. The minimum atomic E-state index is -0.338. The second-order valence-corrected chi connectivity index (χ2v) is 5.91. The lowest BCUT2D eigenvalue weighted by atomic mass is 10.2. The molecule has 0 saturated heterocycles. The van der Waals surface area contributed by atoms with Crippen LogP contribution in [0, 0.1) is 6.92 Å². The SMILES string of the molecule is Cc1ccccc1NC(=O)CCS[C@H](C)[C@H](C)O. The summed E-state index contributed by atoms with van der Waals surface area (Å²) in [6, 6.07) is 7.73. The molecule has 0 bridgehead atoms. The summed E-state index contributed by atoms with van der Waals surface area (Å²) in [5.41, 5.74) is 1.94. The Morgan fingerprint density at radius 2 is 2.06 bits per heavy atom. The second-order valence-electron chi connectivity index (χ2n) is 4.43. The van der Waals surface area contributed by atoms with Crippen LogP contribution in [0.15, 0.2) is 24.3 Å². The number of carbonyl (C=O) groups is 1. The van der Waals surface area contributed by atoms with Crippen LogP contribution >= 0.6 is 11.8 Å². The Hall–Kier alpha value is -1.000. The average molecular weight is 267 g/mol. The number of anilines is 1. The van der Waals surface area contributed by atoms with E-state index in [1.807, 2.05) is 38.1 Å². The Bertz CT molecular complexity index is 393. The molecule has 0 aliphatic carbocycles. The molecule has 0 aromatic heterocycles. The number of aliphatic hydroxyl groups is 1. The predicted octanol–water partition coefficient (Wildman–Crippen LogP) is 2.83. The number of aliphatic hydroxyl groups excluding tert-OH is 1. The van der Waals surface area contributed by atoms with Crippen molar-refractivity contribution in [2.75, 3.05) is 11.1 Å². The molecule has 0 radical (unpaired) electrons. The molecular weight excluding hydrogens is 246 g/mol. The Kier molecular flexibility index (Phi) is 6.22. The van der Waals surface area contributed by atoms with Gasteiger partial charge in [-0.3, -0.25) is 4.79 Å². The van der Waals surface area contributed by atoms with Crippen molar-refractivity contribution >= 4 is 23.4 Å². The van der Waals surface area contributed by atoms with E-state index in [-0.39, 0.29) is 17.3 Å². The molecule has 0 aliphatic heterocycles. The van der Waals surface area contributed by atoms with Crippen LogP contribution < -0.4 is 5.32 Å². The van der Waals surface area contributed by atoms with Crippen LogP contribution in [-0.2, 0) is 4.79 Å². The number of rotatable bonds is 6. The number of carbonyl (C=O) groups excluding carboxylic acids is 1. The van der Waals surface area contributed by atoms with Crippen molar-refractivity contribution in [3.63, 3.8) is 0 Å². The fourth-order valence-electron chi connectivity index (χ4n) is 1.40. The first-order valence-electron chi connectivity index (χ1n) is 6.16. The molecule has 0 fully saturated rings. The van der Waals surface area contributed by atoms with Crippen molar-refractivity contribution in [3.8, 4) is 0 Å². The van der Waals surface area contributed by atoms with Gasteiger partial charge in [0.1, 0.15) is 0 Å². The highest BCUT2D eigenvalue weighted by Gasteiger charge is 2.10. The third-order valence-electron chi connectivity index (χ3n) is 2.81. The molecule has 18 heavy (non-hydrogen) atoms. The molecule has 2 atom stereocenters. The van der Waals surface area contributed by atoms with Crippen molar-refractivity contribution in [1.29, 1.82) is 0 Å². The van der Waals surface area contributed by atoms with Gasteiger partial charge in [-0.2, -0.15) is 11.8 Å². The quantitative estimate of drug-likeness (QED) is 0.833. The van der Waals surface area contributed by atoms with Gasteiger partial charge >= 0.3 is 0 Å². The first-order chi connectivity index (χ1) is 8.50. The standard InChI is InChI=1S/C14H21NO2S/c1-10-6-4-5-7-13(10)15-14(17)8-9-18-12(3)11(2)16/h4-7,11-12,16H,8-9H2,1-3H3,(H,15,17)/t11-,12+/m0/s1. The van der Waals surface area contributed by atoms with Crippen LogP contribution in [0.4, 0.5) is 5.69 Å². The van der Waals surface area contributed by atoms with Crippen LogP contribution in [0.25, 0.3) is 0 Å². The average Bonchev–Trinajstić information content (AvgIpc) is 2.32. The van der Waals surface area contributed by atoms with Gasteiger partial charge in [0.2, 0.25) is 5.91 Å². The summed E-state index contributed by atoms with van der Waals surface area (Å²) in [5.74, 6) is 0.749. The third kappa shape index (κ3) is 5.10.